The largest absolute Gasteiger partial charge is 0.481 e. The molecule has 0 saturated heterocycles. The minimum atomic E-state index is -1.64. The molecule has 0 aliphatic heterocycles. The molecule has 4 unspecified atom stereocenters. The molecule has 0 amide bonds. The molecule has 0 saturated carbocycles. The molecular formula is C34H48N2O4. The van der Waals surface area contributed by atoms with Gasteiger partial charge in [0.15, 0.2) is 0 Å². The zero-order valence-electron chi connectivity index (χ0n) is 24.4. The summed E-state index contributed by atoms with van der Waals surface area (Å²) in [6.07, 6.45) is 21.4. The summed E-state index contributed by atoms with van der Waals surface area (Å²) in [4.78, 5) is 34.9. The average Bonchev–Trinajstić information content (AvgIpc) is 2.97. The van der Waals surface area contributed by atoms with Crippen molar-refractivity contribution in [2.75, 3.05) is 0 Å². The summed E-state index contributed by atoms with van der Waals surface area (Å²) in [5.74, 6) is -3.26. The first kappa shape index (κ1) is 31.5. The van der Waals surface area contributed by atoms with E-state index >= 15 is 0 Å². The molecule has 40 heavy (non-hydrogen) atoms. The molecule has 0 fully saturated rings. The maximum absolute atomic E-state index is 13.2. The standard InChI is InChI=1S/C34H48N2O4/c1-3-5-7-9-10-14-21-33(25-27(17-11-8-6-4-2)29-18-12-15-23-35-29)22-20-28(31(37)38)34(26-33,32(39)40)30-19-13-16-24-36-30/h12-13,15-16,18-20,22-24,27-28H,3-11,14,17,21,25-26H2,1-2H3,(H,37,38)(H,39,40). The lowest BCUT2D eigenvalue weighted by Gasteiger charge is -2.46. The zero-order valence-corrected chi connectivity index (χ0v) is 24.4. The highest BCUT2D eigenvalue weighted by atomic mass is 16.4. The van der Waals surface area contributed by atoms with Crippen molar-refractivity contribution >= 4 is 11.9 Å². The van der Waals surface area contributed by atoms with Crippen LogP contribution in [0, 0.1) is 11.3 Å². The maximum Gasteiger partial charge on any atom is 0.316 e. The molecule has 218 valence electrons. The number of unbranched alkanes of at least 4 members (excludes halogenated alkanes) is 8. The molecule has 0 aromatic carbocycles. The summed E-state index contributed by atoms with van der Waals surface area (Å²) in [5.41, 5.74) is -0.752. The fourth-order valence-corrected chi connectivity index (χ4v) is 6.63. The van der Waals surface area contributed by atoms with Crippen LogP contribution < -0.4 is 0 Å². The number of carboxylic acids is 2. The van der Waals surface area contributed by atoms with Crippen molar-refractivity contribution < 1.29 is 19.8 Å². The van der Waals surface area contributed by atoms with E-state index in [0.29, 0.717) is 5.69 Å². The number of nitrogens with zero attached hydrogens (tertiary/aromatic N) is 2. The highest BCUT2D eigenvalue weighted by Crippen LogP contribution is 2.54. The van der Waals surface area contributed by atoms with Gasteiger partial charge in [0.25, 0.3) is 0 Å². The van der Waals surface area contributed by atoms with Crippen LogP contribution in [0.5, 0.6) is 0 Å². The molecule has 6 heteroatoms. The second-order valence-electron chi connectivity index (χ2n) is 11.7. The van der Waals surface area contributed by atoms with E-state index in [9.17, 15) is 19.8 Å². The lowest BCUT2D eigenvalue weighted by molar-refractivity contribution is -0.157. The van der Waals surface area contributed by atoms with Crippen molar-refractivity contribution in [2.24, 2.45) is 11.3 Å². The number of carboxylic acid groups (broad SMARTS) is 2. The molecule has 1 aliphatic rings. The average molecular weight is 549 g/mol. The molecule has 0 bridgehead atoms. The molecule has 0 spiro atoms. The van der Waals surface area contributed by atoms with E-state index in [4.69, 9.17) is 4.98 Å². The van der Waals surface area contributed by atoms with Crippen LogP contribution in [-0.2, 0) is 15.0 Å². The van der Waals surface area contributed by atoms with Crippen LogP contribution in [0.2, 0.25) is 0 Å². The molecule has 4 atom stereocenters. The van der Waals surface area contributed by atoms with E-state index in [1.807, 2.05) is 18.3 Å². The molecule has 3 rings (SSSR count). The van der Waals surface area contributed by atoms with Gasteiger partial charge < -0.3 is 10.2 Å². The Morgan fingerprint density at radius 1 is 0.875 bits per heavy atom. The monoisotopic (exact) mass is 548 g/mol. The van der Waals surface area contributed by atoms with Gasteiger partial charge >= 0.3 is 11.9 Å². The number of rotatable bonds is 18. The molecule has 6 nitrogen and oxygen atoms in total. The van der Waals surface area contributed by atoms with Gasteiger partial charge in [-0.15, -0.1) is 0 Å². The Labute approximate surface area is 240 Å². The lowest BCUT2D eigenvalue weighted by Crippen LogP contribution is -2.52. The van der Waals surface area contributed by atoms with Crippen molar-refractivity contribution in [1.29, 1.82) is 0 Å². The topological polar surface area (TPSA) is 100 Å². The van der Waals surface area contributed by atoms with Crippen LogP contribution in [0.15, 0.2) is 60.9 Å². The number of aliphatic carboxylic acids is 2. The Morgan fingerprint density at radius 2 is 1.52 bits per heavy atom. The SMILES string of the molecule is CCCCCCCCC1(CC(CCCCCC)c2ccccn2)C=CC(C(=O)O)C(C(=O)O)(c2ccccn2)C1. The molecule has 2 aromatic heterocycles. The summed E-state index contributed by atoms with van der Waals surface area (Å²) in [6.45, 7) is 4.42. The lowest BCUT2D eigenvalue weighted by atomic mass is 9.55. The van der Waals surface area contributed by atoms with Gasteiger partial charge in [0.05, 0.1) is 11.6 Å². The number of aromatic nitrogens is 2. The summed E-state index contributed by atoms with van der Waals surface area (Å²) in [6, 6.07) is 11.2. The van der Waals surface area contributed by atoms with E-state index in [-0.39, 0.29) is 12.3 Å². The Bertz CT molecular complexity index is 1070. The van der Waals surface area contributed by atoms with E-state index in [1.54, 1.807) is 30.5 Å². The van der Waals surface area contributed by atoms with Gasteiger partial charge in [0.2, 0.25) is 0 Å². The second kappa shape index (κ2) is 15.7. The Balaban J connectivity index is 2.03. The second-order valence-corrected chi connectivity index (χ2v) is 11.7. The smallest absolute Gasteiger partial charge is 0.316 e. The Hall–Kier alpha value is -3.02. The minimum absolute atomic E-state index is 0.166. The Morgan fingerprint density at radius 3 is 2.12 bits per heavy atom. The van der Waals surface area contributed by atoms with Gasteiger partial charge in [-0.05, 0) is 55.4 Å². The quantitative estimate of drug-likeness (QED) is 0.143. The highest BCUT2D eigenvalue weighted by molar-refractivity contribution is 5.90. The van der Waals surface area contributed by atoms with Crippen molar-refractivity contribution in [1.82, 2.24) is 9.97 Å². The van der Waals surface area contributed by atoms with Gasteiger partial charge in [-0.3, -0.25) is 19.6 Å². The van der Waals surface area contributed by atoms with Gasteiger partial charge in [-0.1, -0.05) is 102 Å². The summed E-state index contributed by atoms with van der Waals surface area (Å²) >= 11 is 0. The summed E-state index contributed by atoms with van der Waals surface area (Å²) in [5, 5.41) is 21.0. The first-order valence-electron chi connectivity index (χ1n) is 15.4. The fraction of sp³-hybridized carbons (Fsp3) is 0.588. The normalized spacial score (nSPS) is 23.1. The van der Waals surface area contributed by atoms with Crippen LogP contribution in [0.3, 0.4) is 0 Å². The number of pyridine rings is 2. The Kier molecular flexibility index (Phi) is 12.4. The van der Waals surface area contributed by atoms with E-state index in [2.05, 4.69) is 31.0 Å². The minimum Gasteiger partial charge on any atom is -0.481 e. The van der Waals surface area contributed by atoms with Gasteiger partial charge in [0.1, 0.15) is 5.41 Å². The number of hydrogen-bond donors (Lipinski definition) is 2. The molecule has 1 aliphatic carbocycles. The van der Waals surface area contributed by atoms with Crippen molar-refractivity contribution in [3.8, 4) is 0 Å². The molecule has 2 N–H and O–H groups in total. The predicted molar refractivity (Wildman–Crippen MR) is 159 cm³/mol. The highest BCUT2D eigenvalue weighted by Gasteiger charge is 2.57. The van der Waals surface area contributed by atoms with Crippen LogP contribution in [0.4, 0.5) is 0 Å². The summed E-state index contributed by atoms with van der Waals surface area (Å²) < 4.78 is 0. The fourth-order valence-electron chi connectivity index (χ4n) is 6.63. The maximum atomic E-state index is 13.2. The third-order valence-corrected chi connectivity index (χ3v) is 8.77. The molecule has 0 radical (unpaired) electrons. The van der Waals surface area contributed by atoms with E-state index < -0.39 is 28.7 Å². The van der Waals surface area contributed by atoms with Crippen LogP contribution in [0.25, 0.3) is 0 Å². The number of allylic oxidation sites excluding steroid dienone is 1. The molecule has 2 aromatic rings. The van der Waals surface area contributed by atoms with Crippen molar-refractivity contribution in [3.63, 3.8) is 0 Å². The third-order valence-electron chi connectivity index (χ3n) is 8.77. The first-order chi connectivity index (χ1) is 19.4. The van der Waals surface area contributed by atoms with Gasteiger partial charge in [0, 0.05) is 24.0 Å². The van der Waals surface area contributed by atoms with E-state index in [0.717, 1.165) is 57.1 Å². The van der Waals surface area contributed by atoms with Gasteiger partial charge in [-0.2, -0.15) is 0 Å². The third kappa shape index (κ3) is 8.02. The number of hydrogen-bond acceptors (Lipinski definition) is 4. The zero-order chi connectivity index (χ0) is 28.8. The van der Waals surface area contributed by atoms with Crippen molar-refractivity contribution in [2.45, 2.75) is 115 Å². The predicted octanol–water partition coefficient (Wildman–Crippen LogP) is 8.34. The van der Waals surface area contributed by atoms with Crippen LogP contribution in [0.1, 0.15) is 121 Å². The first-order valence-corrected chi connectivity index (χ1v) is 15.4. The molecular weight excluding hydrogens is 500 g/mol. The summed E-state index contributed by atoms with van der Waals surface area (Å²) in [7, 11) is 0. The van der Waals surface area contributed by atoms with Crippen molar-refractivity contribution in [3.05, 3.63) is 72.3 Å². The van der Waals surface area contributed by atoms with Gasteiger partial charge in [-0.25, -0.2) is 0 Å². The van der Waals surface area contributed by atoms with E-state index in [1.165, 1.54) is 32.1 Å². The number of carbonyl (C=O) groups is 2. The van der Waals surface area contributed by atoms with Crippen LogP contribution in [-0.4, -0.2) is 32.1 Å². The van der Waals surface area contributed by atoms with Crippen LogP contribution >= 0.6 is 0 Å². The molecule has 2 heterocycles.